The molecule has 0 aromatic carbocycles. The zero-order chi connectivity index (χ0) is 14.8. The summed E-state index contributed by atoms with van der Waals surface area (Å²) in [5, 5.41) is 1.08. The fraction of sp³-hybridized carbons (Fsp3) is 0.500. The normalized spacial score (nSPS) is 13.8. The van der Waals surface area contributed by atoms with Crippen molar-refractivity contribution in [2.75, 3.05) is 5.75 Å². The van der Waals surface area contributed by atoms with Crippen molar-refractivity contribution in [3.63, 3.8) is 0 Å². The lowest BCUT2D eigenvalue weighted by Crippen LogP contribution is -2.21. The molecular weight excluding hydrogens is 274 g/mol. The van der Waals surface area contributed by atoms with Crippen LogP contribution in [0.25, 0.3) is 11.0 Å². The van der Waals surface area contributed by atoms with E-state index in [0.29, 0.717) is 12.1 Å². The molecule has 0 saturated carbocycles. The highest BCUT2D eigenvalue weighted by Crippen LogP contribution is 2.25. The Balaban J connectivity index is 2.50. The van der Waals surface area contributed by atoms with Crippen LogP contribution < -0.4 is 5.73 Å². The summed E-state index contributed by atoms with van der Waals surface area (Å²) in [6.07, 6.45) is 3.79. The average Bonchev–Trinajstić information content (AvgIpc) is 2.79. The summed E-state index contributed by atoms with van der Waals surface area (Å²) in [4.78, 5) is 4.25. The molecule has 110 valence electrons. The van der Waals surface area contributed by atoms with Crippen LogP contribution in [0.5, 0.6) is 0 Å². The van der Waals surface area contributed by atoms with Gasteiger partial charge in [0.1, 0.15) is 10.7 Å². The minimum atomic E-state index is -3.33. The summed E-state index contributed by atoms with van der Waals surface area (Å²) in [5.41, 5.74) is 6.56. The SMILES string of the molecule is CCCCCS(=O)(=O)c1cc2cccnc2n1C(C)N. The standard InChI is InChI=1S/C14H21N3O2S/c1-3-4-5-9-20(18,19)13-10-12-7-6-8-16-14(12)17(13)11(2)15/h6-8,10-11H,3-5,9,15H2,1-2H3. The Kier molecular flexibility index (Phi) is 4.45. The third kappa shape index (κ3) is 2.86. The van der Waals surface area contributed by atoms with Crippen molar-refractivity contribution in [3.05, 3.63) is 24.4 Å². The van der Waals surface area contributed by atoms with Gasteiger partial charge in [-0.15, -0.1) is 0 Å². The van der Waals surface area contributed by atoms with Crippen molar-refractivity contribution in [3.8, 4) is 0 Å². The molecule has 0 fully saturated rings. The van der Waals surface area contributed by atoms with Crippen LogP contribution in [-0.4, -0.2) is 23.7 Å². The number of unbranched alkanes of at least 4 members (excludes halogenated alkanes) is 2. The van der Waals surface area contributed by atoms with E-state index in [0.717, 1.165) is 18.2 Å². The summed E-state index contributed by atoms with van der Waals surface area (Å²) < 4.78 is 26.6. The lowest BCUT2D eigenvalue weighted by molar-refractivity contribution is 0.524. The highest BCUT2D eigenvalue weighted by molar-refractivity contribution is 7.91. The van der Waals surface area contributed by atoms with Crippen LogP contribution in [0, 0.1) is 0 Å². The van der Waals surface area contributed by atoms with E-state index in [4.69, 9.17) is 5.73 Å². The van der Waals surface area contributed by atoms with Crippen molar-refractivity contribution in [1.29, 1.82) is 0 Å². The van der Waals surface area contributed by atoms with E-state index < -0.39 is 16.0 Å². The van der Waals surface area contributed by atoms with Gasteiger partial charge in [0.15, 0.2) is 9.84 Å². The lowest BCUT2D eigenvalue weighted by Gasteiger charge is -2.14. The summed E-state index contributed by atoms with van der Waals surface area (Å²) in [5.74, 6) is 0.157. The minimum Gasteiger partial charge on any atom is -0.311 e. The molecule has 0 spiro atoms. The number of rotatable bonds is 6. The molecule has 0 aliphatic heterocycles. The molecule has 0 bridgehead atoms. The van der Waals surface area contributed by atoms with Crippen molar-refractivity contribution < 1.29 is 8.42 Å². The Bertz CT molecular complexity index is 690. The van der Waals surface area contributed by atoms with Crippen LogP contribution in [0.3, 0.4) is 0 Å². The first-order valence-corrected chi connectivity index (χ1v) is 8.57. The maximum absolute atomic E-state index is 12.5. The first-order chi connectivity index (χ1) is 9.47. The second-order valence-corrected chi connectivity index (χ2v) is 7.09. The number of nitrogens with zero attached hydrogens (tertiary/aromatic N) is 2. The highest BCUT2D eigenvalue weighted by Gasteiger charge is 2.23. The zero-order valence-electron chi connectivity index (χ0n) is 11.9. The van der Waals surface area contributed by atoms with E-state index in [1.165, 1.54) is 0 Å². The summed E-state index contributed by atoms with van der Waals surface area (Å²) in [7, 11) is -3.33. The largest absolute Gasteiger partial charge is 0.311 e. The first kappa shape index (κ1) is 15.0. The molecule has 2 aromatic rings. The van der Waals surface area contributed by atoms with Crippen molar-refractivity contribution in [2.24, 2.45) is 5.73 Å². The van der Waals surface area contributed by atoms with Crippen LogP contribution >= 0.6 is 0 Å². The Morgan fingerprint density at radius 2 is 2.15 bits per heavy atom. The van der Waals surface area contributed by atoms with Gasteiger partial charge >= 0.3 is 0 Å². The number of aromatic nitrogens is 2. The Hall–Kier alpha value is -1.40. The number of fused-ring (bicyclic) bond motifs is 1. The van der Waals surface area contributed by atoms with Crippen LogP contribution in [0.15, 0.2) is 29.4 Å². The molecule has 0 saturated heterocycles. The predicted octanol–water partition coefficient (Wildman–Crippen LogP) is 2.48. The minimum absolute atomic E-state index is 0.157. The molecule has 0 amide bonds. The Morgan fingerprint density at radius 1 is 1.40 bits per heavy atom. The monoisotopic (exact) mass is 295 g/mol. The van der Waals surface area contributed by atoms with Crippen molar-refractivity contribution in [1.82, 2.24) is 9.55 Å². The first-order valence-electron chi connectivity index (χ1n) is 6.91. The second-order valence-electron chi connectivity index (χ2n) is 5.04. The second kappa shape index (κ2) is 5.93. The van der Waals surface area contributed by atoms with E-state index in [-0.39, 0.29) is 10.8 Å². The third-order valence-electron chi connectivity index (χ3n) is 3.30. The van der Waals surface area contributed by atoms with Crippen molar-refractivity contribution in [2.45, 2.75) is 44.3 Å². The van der Waals surface area contributed by atoms with Gasteiger partial charge in [0, 0.05) is 11.6 Å². The maximum Gasteiger partial charge on any atom is 0.193 e. The molecule has 1 atom stereocenters. The highest BCUT2D eigenvalue weighted by atomic mass is 32.2. The number of nitrogens with two attached hydrogens (primary N) is 1. The number of hydrogen-bond acceptors (Lipinski definition) is 4. The smallest absolute Gasteiger partial charge is 0.193 e. The molecule has 6 heteroatoms. The van der Waals surface area contributed by atoms with Crippen LogP contribution in [0.1, 0.15) is 39.3 Å². The lowest BCUT2D eigenvalue weighted by atomic mass is 10.3. The third-order valence-corrected chi connectivity index (χ3v) is 5.08. The van der Waals surface area contributed by atoms with E-state index >= 15 is 0 Å². The van der Waals surface area contributed by atoms with Crippen molar-refractivity contribution >= 4 is 20.9 Å². The fourth-order valence-corrected chi connectivity index (χ4v) is 3.96. The van der Waals surface area contributed by atoms with Crippen LogP contribution in [-0.2, 0) is 9.84 Å². The summed E-state index contributed by atoms with van der Waals surface area (Å²) in [6, 6.07) is 5.32. The number of hydrogen-bond donors (Lipinski definition) is 1. The molecule has 2 aromatic heterocycles. The van der Waals surface area contributed by atoms with E-state index in [2.05, 4.69) is 11.9 Å². The van der Waals surface area contributed by atoms with Gasteiger partial charge in [-0.1, -0.05) is 19.8 Å². The van der Waals surface area contributed by atoms with E-state index in [1.54, 1.807) is 29.8 Å². The van der Waals surface area contributed by atoms with E-state index in [1.807, 2.05) is 6.07 Å². The van der Waals surface area contributed by atoms with Crippen LogP contribution in [0.2, 0.25) is 0 Å². The summed E-state index contributed by atoms with van der Waals surface area (Å²) >= 11 is 0. The Morgan fingerprint density at radius 3 is 2.80 bits per heavy atom. The Labute approximate surface area is 119 Å². The molecule has 2 N–H and O–H groups in total. The quantitative estimate of drug-likeness (QED) is 0.830. The van der Waals surface area contributed by atoms with Crippen LogP contribution in [0.4, 0.5) is 0 Å². The molecule has 0 radical (unpaired) electrons. The number of pyridine rings is 1. The van der Waals surface area contributed by atoms with Gasteiger partial charge < -0.3 is 10.3 Å². The molecular formula is C14H21N3O2S. The van der Waals surface area contributed by atoms with Gasteiger partial charge in [0.2, 0.25) is 0 Å². The van der Waals surface area contributed by atoms with Gasteiger partial charge in [-0.05, 0) is 31.5 Å². The molecule has 0 aliphatic carbocycles. The molecule has 5 nitrogen and oxygen atoms in total. The number of sulfone groups is 1. The maximum atomic E-state index is 12.5. The molecule has 2 rings (SSSR count). The van der Waals surface area contributed by atoms with Gasteiger partial charge in [-0.3, -0.25) is 0 Å². The molecule has 20 heavy (non-hydrogen) atoms. The topological polar surface area (TPSA) is 78.0 Å². The fourth-order valence-electron chi connectivity index (χ4n) is 2.31. The average molecular weight is 295 g/mol. The predicted molar refractivity (Wildman–Crippen MR) is 80.2 cm³/mol. The molecule has 0 aliphatic rings. The van der Waals surface area contributed by atoms with Gasteiger partial charge in [-0.25, -0.2) is 13.4 Å². The molecule has 2 heterocycles. The summed E-state index contributed by atoms with van der Waals surface area (Å²) in [6.45, 7) is 3.81. The van der Waals surface area contributed by atoms with E-state index in [9.17, 15) is 8.42 Å². The van der Waals surface area contributed by atoms with Gasteiger partial charge in [0.05, 0.1) is 11.9 Å². The van der Waals surface area contributed by atoms with Gasteiger partial charge in [-0.2, -0.15) is 0 Å². The molecule has 1 unspecified atom stereocenters. The zero-order valence-corrected chi connectivity index (χ0v) is 12.7. The van der Waals surface area contributed by atoms with Gasteiger partial charge in [0.25, 0.3) is 0 Å².